The van der Waals surface area contributed by atoms with E-state index in [0.717, 1.165) is 22.6 Å². The van der Waals surface area contributed by atoms with Gasteiger partial charge in [0, 0.05) is 38.2 Å². The molecule has 1 N–H and O–H groups in total. The summed E-state index contributed by atoms with van der Waals surface area (Å²) in [4.78, 5) is 12.7. The van der Waals surface area contributed by atoms with Gasteiger partial charge in [0.25, 0.3) is 0 Å². The van der Waals surface area contributed by atoms with Crippen molar-refractivity contribution in [3.8, 4) is 22.9 Å². The highest BCUT2D eigenvalue weighted by molar-refractivity contribution is 6.35. The molecule has 2 aromatic heterocycles. The fraction of sp³-hybridized carbons (Fsp3) is 0.152. The monoisotopic (exact) mass is 617 g/mol. The Bertz CT molecular complexity index is 1740. The second kappa shape index (κ2) is 13.5. The van der Waals surface area contributed by atoms with Gasteiger partial charge in [-0.05, 0) is 86.6 Å². The number of carbonyl (C=O) groups excluding carboxylic acids is 1. The number of hydrazone groups is 1. The summed E-state index contributed by atoms with van der Waals surface area (Å²) < 4.78 is 25.2. The van der Waals surface area contributed by atoms with E-state index in [1.807, 2.05) is 24.3 Å². The molecule has 0 saturated carbocycles. The SMILES string of the molecule is COc1cccc(C=NNC(=O)c2ccc(COc3ccc(-n4c(C)ccc4C)cc3)o2)c1OCc1ccc(Cl)cc1Cl. The molecule has 220 valence electrons. The number of aryl methyl sites for hydroxylation is 2. The Hall–Kier alpha value is -4.66. The molecule has 3 aromatic carbocycles. The quantitative estimate of drug-likeness (QED) is 0.120. The first-order valence-electron chi connectivity index (χ1n) is 13.4. The van der Waals surface area contributed by atoms with Crippen LogP contribution in [0.5, 0.6) is 17.2 Å². The van der Waals surface area contributed by atoms with Crippen molar-refractivity contribution in [3.05, 3.63) is 129 Å². The van der Waals surface area contributed by atoms with E-state index in [0.29, 0.717) is 38.6 Å². The second-order valence-corrected chi connectivity index (χ2v) is 10.4. The number of nitrogens with zero attached hydrogens (tertiary/aromatic N) is 2. The lowest BCUT2D eigenvalue weighted by Gasteiger charge is -2.14. The van der Waals surface area contributed by atoms with Crippen LogP contribution in [0.25, 0.3) is 5.69 Å². The van der Waals surface area contributed by atoms with Crippen LogP contribution in [0, 0.1) is 13.8 Å². The molecule has 2 heterocycles. The number of benzene rings is 3. The highest BCUT2D eigenvalue weighted by Crippen LogP contribution is 2.32. The molecule has 0 radical (unpaired) electrons. The van der Waals surface area contributed by atoms with E-state index in [-0.39, 0.29) is 19.0 Å². The molecule has 1 amide bonds. The molecular weight excluding hydrogens is 589 g/mol. The third-order valence-corrected chi connectivity index (χ3v) is 7.21. The van der Waals surface area contributed by atoms with Gasteiger partial charge >= 0.3 is 5.91 Å². The zero-order valence-electron chi connectivity index (χ0n) is 23.8. The molecule has 0 bridgehead atoms. The maximum absolute atomic E-state index is 12.7. The standard InChI is InChI=1S/C33H29Cl2N3O5/c1-21-7-8-22(2)38(21)26-11-13-27(14-12-26)41-20-28-15-16-31(43-28)33(39)37-36-18-23-5-4-6-30(40-3)32(23)42-19-24-9-10-25(34)17-29(24)35/h4-18H,19-20H2,1-3H3,(H,37,39). The normalized spacial score (nSPS) is 11.1. The van der Waals surface area contributed by atoms with Gasteiger partial charge in [-0.1, -0.05) is 35.3 Å². The van der Waals surface area contributed by atoms with E-state index in [9.17, 15) is 4.79 Å². The Morgan fingerprint density at radius 2 is 1.70 bits per heavy atom. The van der Waals surface area contributed by atoms with Crippen LogP contribution in [-0.2, 0) is 13.2 Å². The number of hydrogen-bond donors (Lipinski definition) is 1. The Balaban J connectivity index is 1.18. The Morgan fingerprint density at radius 1 is 0.930 bits per heavy atom. The molecule has 0 unspecified atom stereocenters. The van der Waals surface area contributed by atoms with Gasteiger partial charge in [-0.2, -0.15) is 5.10 Å². The van der Waals surface area contributed by atoms with Crippen molar-refractivity contribution < 1.29 is 23.4 Å². The highest BCUT2D eigenvalue weighted by Gasteiger charge is 2.14. The van der Waals surface area contributed by atoms with Crippen LogP contribution in [0.4, 0.5) is 0 Å². The molecule has 0 aliphatic carbocycles. The summed E-state index contributed by atoms with van der Waals surface area (Å²) in [6.07, 6.45) is 1.46. The summed E-state index contributed by atoms with van der Waals surface area (Å²) in [5, 5.41) is 5.11. The summed E-state index contributed by atoms with van der Waals surface area (Å²) in [6, 6.07) is 25.8. The zero-order chi connectivity index (χ0) is 30.3. The summed E-state index contributed by atoms with van der Waals surface area (Å²) in [6.45, 7) is 4.48. The average Bonchev–Trinajstić information content (AvgIpc) is 3.62. The van der Waals surface area contributed by atoms with Gasteiger partial charge < -0.3 is 23.2 Å². The van der Waals surface area contributed by atoms with Crippen molar-refractivity contribution in [1.82, 2.24) is 9.99 Å². The van der Waals surface area contributed by atoms with Gasteiger partial charge in [-0.25, -0.2) is 5.43 Å². The Morgan fingerprint density at radius 3 is 2.42 bits per heavy atom. The fourth-order valence-corrected chi connectivity index (χ4v) is 4.92. The molecule has 0 atom stereocenters. The van der Waals surface area contributed by atoms with E-state index in [1.165, 1.54) is 6.21 Å². The number of hydrogen-bond acceptors (Lipinski definition) is 6. The number of aromatic nitrogens is 1. The van der Waals surface area contributed by atoms with Gasteiger partial charge in [-0.15, -0.1) is 0 Å². The van der Waals surface area contributed by atoms with Crippen molar-refractivity contribution in [3.63, 3.8) is 0 Å². The van der Waals surface area contributed by atoms with Crippen LogP contribution in [0.3, 0.4) is 0 Å². The Labute approximate surface area is 259 Å². The van der Waals surface area contributed by atoms with Crippen LogP contribution in [0.15, 0.2) is 94.4 Å². The summed E-state index contributed by atoms with van der Waals surface area (Å²) in [5.41, 5.74) is 7.20. The number of furan rings is 1. The van der Waals surface area contributed by atoms with Gasteiger partial charge in [0.05, 0.1) is 13.3 Å². The predicted molar refractivity (Wildman–Crippen MR) is 167 cm³/mol. The van der Waals surface area contributed by atoms with Gasteiger partial charge in [-0.3, -0.25) is 4.79 Å². The first-order valence-corrected chi connectivity index (χ1v) is 14.1. The fourth-order valence-electron chi connectivity index (χ4n) is 4.45. The van der Waals surface area contributed by atoms with Crippen LogP contribution >= 0.6 is 23.2 Å². The van der Waals surface area contributed by atoms with Crippen LogP contribution < -0.4 is 19.6 Å². The Kier molecular flexibility index (Phi) is 9.39. The number of nitrogens with one attached hydrogen (secondary N) is 1. The number of methoxy groups -OCH3 is 1. The summed E-state index contributed by atoms with van der Waals surface area (Å²) in [7, 11) is 1.54. The maximum atomic E-state index is 12.7. The van der Waals surface area contributed by atoms with Crippen molar-refractivity contribution in [2.75, 3.05) is 7.11 Å². The molecule has 10 heteroatoms. The number of carbonyl (C=O) groups is 1. The molecule has 0 aliphatic rings. The lowest BCUT2D eigenvalue weighted by atomic mass is 10.2. The molecule has 0 fully saturated rings. The smallest absolute Gasteiger partial charge is 0.307 e. The third-order valence-electron chi connectivity index (χ3n) is 6.62. The molecule has 5 rings (SSSR count). The number of ether oxygens (including phenoxy) is 3. The van der Waals surface area contributed by atoms with E-state index in [4.69, 9.17) is 41.8 Å². The van der Waals surface area contributed by atoms with Gasteiger partial charge in [0.2, 0.25) is 0 Å². The minimum absolute atomic E-state index is 0.101. The molecule has 8 nitrogen and oxygen atoms in total. The predicted octanol–water partition coefficient (Wildman–Crippen LogP) is 7.92. The lowest BCUT2D eigenvalue weighted by molar-refractivity contribution is 0.0923. The maximum Gasteiger partial charge on any atom is 0.307 e. The molecule has 43 heavy (non-hydrogen) atoms. The van der Waals surface area contributed by atoms with E-state index >= 15 is 0 Å². The number of para-hydroxylation sites is 1. The molecule has 5 aromatic rings. The van der Waals surface area contributed by atoms with Crippen molar-refractivity contribution in [2.24, 2.45) is 5.10 Å². The lowest BCUT2D eigenvalue weighted by Crippen LogP contribution is -2.17. The van der Waals surface area contributed by atoms with Crippen LogP contribution in [-0.4, -0.2) is 23.8 Å². The topological polar surface area (TPSA) is 87.2 Å². The highest BCUT2D eigenvalue weighted by atomic mass is 35.5. The summed E-state index contributed by atoms with van der Waals surface area (Å²) in [5.74, 6) is 1.72. The molecule has 0 spiro atoms. The average molecular weight is 619 g/mol. The minimum Gasteiger partial charge on any atom is -0.493 e. The van der Waals surface area contributed by atoms with Gasteiger partial charge in [0.15, 0.2) is 17.3 Å². The second-order valence-electron chi connectivity index (χ2n) is 9.60. The van der Waals surface area contributed by atoms with Crippen LogP contribution in [0.1, 0.15) is 38.8 Å². The van der Waals surface area contributed by atoms with Crippen LogP contribution in [0.2, 0.25) is 10.0 Å². The molecule has 0 aliphatic heterocycles. The van der Waals surface area contributed by atoms with Crippen molar-refractivity contribution >= 4 is 35.3 Å². The third kappa shape index (κ3) is 7.23. The molecule has 0 saturated heterocycles. The first kappa shape index (κ1) is 29.8. The number of amides is 1. The van der Waals surface area contributed by atoms with Gasteiger partial charge in [0.1, 0.15) is 24.7 Å². The van der Waals surface area contributed by atoms with E-state index in [2.05, 4.69) is 41.1 Å². The largest absolute Gasteiger partial charge is 0.493 e. The first-order chi connectivity index (χ1) is 20.8. The summed E-state index contributed by atoms with van der Waals surface area (Å²) >= 11 is 12.3. The molecular formula is C33H29Cl2N3O5. The number of halogens is 2. The van der Waals surface area contributed by atoms with Crippen molar-refractivity contribution in [1.29, 1.82) is 0 Å². The zero-order valence-corrected chi connectivity index (χ0v) is 25.3. The van der Waals surface area contributed by atoms with E-state index in [1.54, 1.807) is 55.6 Å². The van der Waals surface area contributed by atoms with E-state index < -0.39 is 5.91 Å². The number of rotatable bonds is 11. The minimum atomic E-state index is -0.511. The van der Waals surface area contributed by atoms with Crippen molar-refractivity contribution in [2.45, 2.75) is 27.1 Å².